The smallest absolute Gasteiger partial charge is 0.234 e. The van der Waals surface area contributed by atoms with E-state index in [2.05, 4.69) is 5.32 Å². The Morgan fingerprint density at radius 2 is 2.16 bits per heavy atom. The van der Waals surface area contributed by atoms with E-state index in [0.717, 1.165) is 18.5 Å². The molecule has 0 saturated carbocycles. The second-order valence-corrected chi connectivity index (χ2v) is 5.66. The Labute approximate surface area is 114 Å². The number of rotatable bonds is 4. The standard InChI is InChI=1S/C15H22N2O2/c1-12(13-6-4-3-5-7-13)16-14(18)10-17-9-8-15(2,19)11-17/h3-7,12,19H,8-11H2,1-2H3,(H,16,18). The predicted molar refractivity (Wildman–Crippen MR) is 74.7 cm³/mol. The largest absolute Gasteiger partial charge is 0.389 e. The van der Waals surface area contributed by atoms with Crippen LogP contribution in [0.3, 0.4) is 0 Å². The van der Waals surface area contributed by atoms with Crippen LogP contribution in [-0.2, 0) is 4.79 Å². The van der Waals surface area contributed by atoms with Crippen molar-refractivity contribution in [2.24, 2.45) is 0 Å². The van der Waals surface area contributed by atoms with Crippen LogP contribution in [0, 0.1) is 0 Å². The molecule has 1 aromatic carbocycles. The van der Waals surface area contributed by atoms with Gasteiger partial charge in [-0.05, 0) is 25.8 Å². The summed E-state index contributed by atoms with van der Waals surface area (Å²) in [7, 11) is 0. The molecule has 2 rings (SSSR count). The summed E-state index contributed by atoms with van der Waals surface area (Å²) in [4.78, 5) is 14.0. The molecule has 1 aliphatic rings. The van der Waals surface area contributed by atoms with Crippen molar-refractivity contribution in [3.05, 3.63) is 35.9 Å². The van der Waals surface area contributed by atoms with Crippen LogP contribution < -0.4 is 5.32 Å². The summed E-state index contributed by atoms with van der Waals surface area (Å²) < 4.78 is 0. The lowest BCUT2D eigenvalue weighted by Crippen LogP contribution is -2.39. The minimum Gasteiger partial charge on any atom is -0.389 e. The summed E-state index contributed by atoms with van der Waals surface area (Å²) in [5.74, 6) is 0.00838. The second kappa shape index (κ2) is 5.72. The van der Waals surface area contributed by atoms with Crippen LogP contribution >= 0.6 is 0 Å². The molecule has 1 amide bonds. The number of amides is 1. The number of hydrogen-bond acceptors (Lipinski definition) is 3. The predicted octanol–water partition coefficient (Wildman–Crippen LogP) is 1.32. The topological polar surface area (TPSA) is 52.6 Å². The molecule has 1 saturated heterocycles. The Bertz CT molecular complexity index is 431. The summed E-state index contributed by atoms with van der Waals surface area (Å²) in [5, 5.41) is 12.9. The molecule has 2 unspecified atom stereocenters. The van der Waals surface area contributed by atoms with Crippen molar-refractivity contribution >= 4 is 5.91 Å². The first-order valence-corrected chi connectivity index (χ1v) is 6.75. The van der Waals surface area contributed by atoms with E-state index in [4.69, 9.17) is 0 Å². The maximum absolute atomic E-state index is 12.0. The molecule has 1 aromatic rings. The van der Waals surface area contributed by atoms with Crippen molar-refractivity contribution in [2.45, 2.75) is 31.9 Å². The summed E-state index contributed by atoms with van der Waals surface area (Å²) in [6, 6.07) is 9.92. The highest BCUT2D eigenvalue weighted by Gasteiger charge is 2.32. The van der Waals surface area contributed by atoms with E-state index in [1.807, 2.05) is 49.1 Å². The zero-order chi connectivity index (χ0) is 13.9. The number of β-amino-alcohol motifs (C(OH)–C–C–N with tert-alkyl or cyclic N) is 1. The number of carbonyl (C=O) groups is 1. The highest BCUT2D eigenvalue weighted by atomic mass is 16.3. The average molecular weight is 262 g/mol. The van der Waals surface area contributed by atoms with Gasteiger partial charge in [-0.1, -0.05) is 30.3 Å². The molecule has 0 radical (unpaired) electrons. The Hall–Kier alpha value is -1.39. The second-order valence-electron chi connectivity index (χ2n) is 5.66. The Kier molecular flexibility index (Phi) is 4.22. The van der Waals surface area contributed by atoms with Crippen LogP contribution in [0.5, 0.6) is 0 Å². The average Bonchev–Trinajstić information content (AvgIpc) is 2.69. The molecule has 104 valence electrons. The molecule has 0 bridgehead atoms. The van der Waals surface area contributed by atoms with Crippen LogP contribution in [0.4, 0.5) is 0 Å². The van der Waals surface area contributed by atoms with Crippen molar-refractivity contribution in [1.82, 2.24) is 10.2 Å². The molecule has 4 heteroatoms. The van der Waals surface area contributed by atoms with Crippen LogP contribution in [-0.4, -0.2) is 41.1 Å². The van der Waals surface area contributed by atoms with Gasteiger partial charge in [0.2, 0.25) is 5.91 Å². The van der Waals surface area contributed by atoms with Gasteiger partial charge in [0.05, 0.1) is 18.2 Å². The third kappa shape index (κ3) is 4.04. The maximum atomic E-state index is 12.0. The van der Waals surface area contributed by atoms with Gasteiger partial charge in [0, 0.05) is 13.1 Å². The van der Waals surface area contributed by atoms with E-state index >= 15 is 0 Å². The van der Waals surface area contributed by atoms with E-state index < -0.39 is 5.60 Å². The molecule has 1 aliphatic heterocycles. The third-order valence-corrected chi connectivity index (χ3v) is 3.58. The third-order valence-electron chi connectivity index (χ3n) is 3.58. The Morgan fingerprint density at radius 3 is 2.74 bits per heavy atom. The molecule has 0 aromatic heterocycles. The molecule has 2 N–H and O–H groups in total. The molecule has 2 atom stereocenters. The number of benzene rings is 1. The lowest BCUT2D eigenvalue weighted by atomic mass is 10.1. The Balaban J connectivity index is 1.82. The highest BCUT2D eigenvalue weighted by molar-refractivity contribution is 5.78. The van der Waals surface area contributed by atoms with Gasteiger partial charge in [-0.2, -0.15) is 0 Å². The molecule has 0 aliphatic carbocycles. The zero-order valence-electron chi connectivity index (χ0n) is 11.6. The SMILES string of the molecule is CC(NC(=O)CN1CCC(C)(O)C1)c1ccccc1. The molecule has 4 nitrogen and oxygen atoms in total. The molecule has 1 fully saturated rings. The lowest BCUT2D eigenvalue weighted by Gasteiger charge is -2.20. The van der Waals surface area contributed by atoms with Gasteiger partial charge in [0.25, 0.3) is 0 Å². The number of carbonyl (C=O) groups excluding carboxylic acids is 1. The maximum Gasteiger partial charge on any atom is 0.234 e. The number of nitrogens with one attached hydrogen (secondary N) is 1. The van der Waals surface area contributed by atoms with Gasteiger partial charge in [-0.15, -0.1) is 0 Å². The van der Waals surface area contributed by atoms with Crippen molar-refractivity contribution in [1.29, 1.82) is 0 Å². The van der Waals surface area contributed by atoms with Crippen molar-refractivity contribution in [2.75, 3.05) is 19.6 Å². The fourth-order valence-corrected chi connectivity index (χ4v) is 2.49. The van der Waals surface area contributed by atoms with Crippen LogP contribution in [0.1, 0.15) is 31.9 Å². The fourth-order valence-electron chi connectivity index (χ4n) is 2.49. The Morgan fingerprint density at radius 1 is 1.47 bits per heavy atom. The van der Waals surface area contributed by atoms with Crippen LogP contribution in [0.15, 0.2) is 30.3 Å². The van der Waals surface area contributed by atoms with Gasteiger partial charge < -0.3 is 10.4 Å². The van der Waals surface area contributed by atoms with Crippen molar-refractivity contribution in [3.63, 3.8) is 0 Å². The monoisotopic (exact) mass is 262 g/mol. The van der Waals surface area contributed by atoms with E-state index in [1.165, 1.54) is 0 Å². The van der Waals surface area contributed by atoms with Gasteiger partial charge in [-0.25, -0.2) is 0 Å². The summed E-state index contributed by atoms with van der Waals surface area (Å²) in [5.41, 5.74) is 0.454. The van der Waals surface area contributed by atoms with E-state index in [9.17, 15) is 9.90 Å². The van der Waals surface area contributed by atoms with Crippen molar-refractivity contribution < 1.29 is 9.90 Å². The number of aliphatic hydroxyl groups is 1. The minimum absolute atomic E-state index is 0.00838. The van der Waals surface area contributed by atoms with E-state index in [1.54, 1.807) is 0 Å². The lowest BCUT2D eigenvalue weighted by molar-refractivity contribution is -0.122. The summed E-state index contributed by atoms with van der Waals surface area (Å²) in [6.07, 6.45) is 0.731. The molecular weight excluding hydrogens is 240 g/mol. The first kappa shape index (κ1) is 14.0. The van der Waals surface area contributed by atoms with E-state index in [-0.39, 0.29) is 11.9 Å². The van der Waals surface area contributed by atoms with Crippen LogP contribution in [0.2, 0.25) is 0 Å². The number of hydrogen-bond donors (Lipinski definition) is 2. The zero-order valence-corrected chi connectivity index (χ0v) is 11.6. The fraction of sp³-hybridized carbons (Fsp3) is 0.533. The quantitative estimate of drug-likeness (QED) is 0.860. The summed E-state index contributed by atoms with van der Waals surface area (Å²) >= 11 is 0. The summed E-state index contributed by atoms with van der Waals surface area (Å²) in [6.45, 7) is 5.50. The van der Waals surface area contributed by atoms with Gasteiger partial charge in [0.15, 0.2) is 0 Å². The molecule has 19 heavy (non-hydrogen) atoms. The van der Waals surface area contributed by atoms with Crippen molar-refractivity contribution in [3.8, 4) is 0 Å². The van der Waals surface area contributed by atoms with Gasteiger partial charge in [-0.3, -0.25) is 9.69 Å². The molecule has 0 spiro atoms. The molecular formula is C15H22N2O2. The number of likely N-dealkylation sites (tertiary alicyclic amines) is 1. The van der Waals surface area contributed by atoms with Crippen LogP contribution in [0.25, 0.3) is 0 Å². The first-order chi connectivity index (χ1) is 8.96. The highest BCUT2D eigenvalue weighted by Crippen LogP contribution is 2.19. The van der Waals surface area contributed by atoms with Gasteiger partial charge >= 0.3 is 0 Å². The normalized spacial score (nSPS) is 25.2. The minimum atomic E-state index is -0.647. The van der Waals surface area contributed by atoms with E-state index in [0.29, 0.717) is 13.1 Å². The molecule has 1 heterocycles. The van der Waals surface area contributed by atoms with Gasteiger partial charge in [0.1, 0.15) is 0 Å². The first-order valence-electron chi connectivity index (χ1n) is 6.75. The number of nitrogens with zero attached hydrogens (tertiary/aromatic N) is 1.